The molecule has 1 amide bonds. The van der Waals surface area contributed by atoms with Crippen LogP contribution in [0.4, 0.5) is 4.79 Å². The van der Waals surface area contributed by atoms with Crippen molar-refractivity contribution >= 4 is 11.9 Å². The van der Waals surface area contributed by atoms with E-state index in [1.807, 2.05) is 13.8 Å². The molecule has 0 unspecified atom stereocenters. The second kappa shape index (κ2) is 5.73. The van der Waals surface area contributed by atoms with Crippen molar-refractivity contribution in [2.24, 2.45) is 5.92 Å². The molecule has 0 radical (unpaired) electrons. The van der Waals surface area contributed by atoms with Crippen LogP contribution in [0.2, 0.25) is 0 Å². The van der Waals surface area contributed by atoms with Gasteiger partial charge in [0.15, 0.2) is 0 Å². The number of Topliss-reactive ketones (excluding diaryl/α,β-unsaturated/α-hetero) is 1. The summed E-state index contributed by atoms with van der Waals surface area (Å²) in [5.74, 6) is 0.697. The van der Waals surface area contributed by atoms with Crippen molar-refractivity contribution in [2.75, 3.05) is 6.54 Å². The summed E-state index contributed by atoms with van der Waals surface area (Å²) in [4.78, 5) is 22.2. The first kappa shape index (κ1) is 12.0. The Morgan fingerprint density at radius 1 is 1.47 bits per heavy atom. The van der Waals surface area contributed by atoms with Gasteiger partial charge < -0.3 is 10.1 Å². The number of rotatable bonds is 3. The van der Waals surface area contributed by atoms with Gasteiger partial charge in [-0.2, -0.15) is 0 Å². The average molecular weight is 213 g/mol. The maximum Gasteiger partial charge on any atom is 0.407 e. The number of alkyl carbamates (subject to hydrolysis) is 1. The van der Waals surface area contributed by atoms with Crippen molar-refractivity contribution < 1.29 is 14.3 Å². The van der Waals surface area contributed by atoms with Crippen molar-refractivity contribution in [3.05, 3.63) is 0 Å². The van der Waals surface area contributed by atoms with Gasteiger partial charge in [0, 0.05) is 19.4 Å². The molecule has 86 valence electrons. The van der Waals surface area contributed by atoms with E-state index in [0.717, 1.165) is 0 Å². The largest absolute Gasteiger partial charge is 0.446 e. The van der Waals surface area contributed by atoms with Gasteiger partial charge in [0.2, 0.25) is 0 Å². The minimum absolute atomic E-state index is 0.0742. The molecule has 0 saturated heterocycles. The molecule has 0 bridgehead atoms. The predicted octanol–water partition coefficient (Wildman–Crippen LogP) is 1.88. The maximum absolute atomic E-state index is 11.3. The number of ketones is 1. The van der Waals surface area contributed by atoms with Crippen LogP contribution in [0.3, 0.4) is 0 Å². The third-order valence-electron chi connectivity index (χ3n) is 2.42. The molecule has 4 heteroatoms. The number of hydrogen-bond donors (Lipinski definition) is 1. The number of nitrogens with one attached hydrogen (secondary N) is 1. The van der Waals surface area contributed by atoms with E-state index < -0.39 is 0 Å². The van der Waals surface area contributed by atoms with E-state index in [2.05, 4.69) is 5.32 Å². The second-order valence-corrected chi connectivity index (χ2v) is 4.42. The van der Waals surface area contributed by atoms with E-state index >= 15 is 0 Å². The lowest BCUT2D eigenvalue weighted by Gasteiger charge is -2.21. The highest BCUT2D eigenvalue weighted by Gasteiger charge is 2.21. The summed E-state index contributed by atoms with van der Waals surface area (Å²) >= 11 is 0. The van der Waals surface area contributed by atoms with Gasteiger partial charge in [-0.25, -0.2) is 4.79 Å². The van der Waals surface area contributed by atoms with E-state index in [9.17, 15) is 9.59 Å². The summed E-state index contributed by atoms with van der Waals surface area (Å²) in [7, 11) is 0. The third kappa shape index (κ3) is 4.81. The molecule has 1 fully saturated rings. The minimum Gasteiger partial charge on any atom is -0.446 e. The number of amides is 1. The van der Waals surface area contributed by atoms with Crippen LogP contribution in [-0.2, 0) is 9.53 Å². The van der Waals surface area contributed by atoms with Gasteiger partial charge >= 0.3 is 6.09 Å². The first-order valence-electron chi connectivity index (χ1n) is 5.54. The topological polar surface area (TPSA) is 55.4 Å². The molecule has 1 N–H and O–H groups in total. The molecule has 0 aromatic rings. The SMILES string of the molecule is CC(C)CNC(=O)OC1CCC(=O)CC1. The first-order valence-corrected chi connectivity index (χ1v) is 5.54. The molecular formula is C11H19NO3. The number of hydrogen-bond acceptors (Lipinski definition) is 3. The smallest absolute Gasteiger partial charge is 0.407 e. The van der Waals surface area contributed by atoms with Gasteiger partial charge in [0.05, 0.1) is 0 Å². The van der Waals surface area contributed by atoms with Gasteiger partial charge in [-0.1, -0.05) is 13.8 Å². The molecule has 0 spiro atoms. The Labute approximate surface area is 90.4 Å². The van der Waals surface area contributed by atoms with E-state index in [-0.39, 0.29) is 18.0 Å². The molecule has 0 heterocycles. The molecule has 0 aromatic carbocycles. The molecule has 4 nitrogen and oxygen atoms in total. The molecule has 0 atom stereocenters. The normalized spacial score (nSPS) is 17.9. The van der Waals surface area contributed by atoms with Crippen molar-refractivity contribution in [1.82, 2.24) is 5.32 Å². The number of carbonyl (C=O) groups is 2. The van der Waals surface area contributed by atoms with Crippen LogP contribution >= 0.6 is 0 Å². The Balaban J connectivity index is 2.17. The zero-order valence-corrected chi connectivity index (χ0v) is 9.41. The average Bonchev–Trinajstić information content (AvgIpc) is 2.19. The molecule has 1 aliphatic carbocycles. The van der Waals surface area contributed by atoms with Crippen LogP contribution in [0.25, 0.3) is 0 Å². The summed E-state index contributed by atoms with van der Waals surface area (Å²) < 4.78 is 5.19. The zero-order valence-electron chi connectivity index (χ0n) is 9.41. The molecular weight excluding hydrogens is 194 g/mol. The van der Waals surface area contributed by atoms with Crippen molar-refractivity contribution in [3.8, 4) is 0 Å². The quantitative estimate of drug-likeness (QED) is 0.778. The minimum atomic E-state index is -0.358. The van der Waals surface area contributed by atoms with Gasteiger partial charge in [0.1, 0.15) is 11.9 Å². The Morgan fingerprint density at radius 3 is 2.60 bits per heavy atom. The standard InChI is InChI=1S/C11H19NO3/c1-8(2)7-12-11(14)15-10-5-3-9(13)4-6-10/h8,10H,3-7H2,1-2H3,(H,12,14). The summed E-state index contributed by atoms with van der Waals surface area (Å²) in [6, 6.07) is 0. The maximum atomic E-state index is 11.3. The molecule has 0 aromatic heterocycles. The Hall–Kier alpha value is -1.06. The lowest BCUT2D eigenvalue weighted by atomic mass is 9.97. The van der Waals surface area contributed by atoms with Crippen LogP contribution < -0.4 is 5.32 Å². The summed E-state index contributed by atoms with van der Waals surface area (Å²) in [6.07, 6.45) is 2.00. The zero-order chi connectivity index (χ0) is 11.3. The van der Waals surface area contributed by atoms with Crippen LogP contribution in [-0.4, -0.2) is 24.5 Å². The van der Waals surface area contributed by atoms with Gasteiger partial charge in [-0.3, -0.25) is 4.79 Å². The first-order chi connectivity index (χ1) is 7.08. The Kier molecular flexibility index (Phi) is 4.59. The predicted molar refractivity (Wildman–Crippen MR) is 56.6 cm³/mol. The van der Waals surface area contributed by atoms with Crippen LogP contribution in [0, 0.1) is 5.92 Å². The van der Waals surface area contributed by atoms with E-state index in [4.69, 9.17) is 4.74 Å². The fraction of sp³-hybridized carbons (Fsp3) is 0.818. The van der Waals surface area contributed by atoms with Crippen molar-refractivity contribution in [2.45, 2.75) is 45.6 Å². The fourth-order valence-electron chi connectivity index (χ4n) is 1.51. The molecule has 1 saturated carbocycles. The highest BCUT2D eigenvalue weighted by Crippen LogP contribution is 2.17. The van der Waals surface area contributed by atoms with Gasteiger partial charge in [-0.05, 0) is 18.8 Å². The molecule has 1 aliphatic rings. The molecule has 1 rings (SSSR count). The lowest BCUT2D eigenvalue weighted by molar-refractivity contribution is -0.122. The summed E-state index contributed by atoms with van der Waals surface area (Å²) in [5, 5.41) is 2.69. The molecule has 15 heavy (non-hydrogen) atoms. The second-order valence-electron chi connectivity index (χ2n) is 4.42. The summed E-state index contributed by atoms with van der Waals surface area (Å²) in [6.45, 7) is 4.68. The third-order valence-corrected chi connectivity index (χ3v) is 2.42. The lowest BCUT2D eigenvalue weighted by Crippen LogP contribution is -2.33. The van der Waals surface area contributed by atoms with E-state index in [1.165, 1.54) is 0 Å². The number of carbonyl (C=O) groups excluding carboxylic acids is 2. The van der Waals surface area contributed by atoms with E-state index in [1.54, 1.807) is 0 Å². The summed E-state index contributed by atoms with van der Waals surface area (Å²) in [5.41, 5.74) is 0. The highest BCUT2D eigenvalue weighted by molar-refractivity contribution is 5.79. The van der Waals surface area contributed by atoms with Crippen molar-refractivity contribution in [3.63, 3.8) is 0 Å². The monoisotopic (exact) mass is 213 g/mol. The Bertz CT molecular complexity index is 228. The Morgan fingerprint density at radius 2 is 2.07 bits per heavy atom. The van der Waals surface area contributed by atoms with Crippen molar-refractivity contribution in [1.29, 1.82) is 0 Å². The number of ether oxygens (including phenoxy) is 1. The van der Waals surface area contributed by atoms with Gasteiger partial charge in [0.25, 0.3) is 0 Å². The highest BCUT2D eigenvalue weighted by atomic mass is 16.6. The van der Waals surface area contributed by atoms with Gasteiger partial charge in [-0.15, -0.1) is 0 Å². The molecule has 0 aliphatic heterocycles. The fourth-order valence-corrected chi connectivity index (χ4v) is 1.51. The van der Waals surface area contributed by atoms with E-state index in [0.29, 0.717) is 38.1 Å². The van der Waals surface area contributed by atoms with Crippen LogP contribution in [0.15, 0.2) is 0 Å². The van der Waals surface area contributed by atoms with Crippen LogP contribution in [0.5, 0.6) is 0 Å². The van der Waals surface area contributed by atoms with Crippen LogP contribution in [0.1, 0.15) is 39.5 Å².